The van der Waals surface area contributed by atoms with Crippen molar-refractivity contribution in [2.24, 2.45) is 5.92 Å². The lowest BCUT2D eigenvalue weighted by Gasteiger charge is -2.40. The van der Waals surface area contributed by atoms with Crippen molar-refractivity contribution in [1.29, 1.82) is 0 Å². The minimum atomic E-state index is -1.22. The predicted octanol–water partition coefficient (Wildman–Crippen LogP) is -2.34. The summed E-state index contributed by atoms with van der Waals surface area (Å²) in [5.41, 5.74) is 0. The molecule has 5 saturated heterocycles. The third-order valence-electron chi connectivity index (χ3n) is 9.13. The minimum absolute atomic E-state index is 0.0135. The van der Waals surface area contributed by atoms with E-state index >= 15 is 0 Å². The minimum Gasteiger partial charge on any atom is -0.388 e. The third kappa shape index (κ3) is 5.44. The van der Waals surface area contributed by atoms with Crippen molar-refractivity contribution in [3.8, 4) is 0 Å². The number of hydrogen-bond acceptors (Lipinski definition) is 9. The maximum Gasteiger partial charge on any atom is 0.240 e. The Morgan fingerprint density at radius 3 is 2.47 bits per heavy atom. The molecule has 0 aromatic carbocycles. The number of amides is 3. The summed E-state index contributed by atoms with van der Waals surface area (Å²) in [6.07, 6.45) is -0.404. The number of hydrogen-bond donors (Lipinski definition) is 4. The molecule has 6 rings (SSSR count). The second-order valence-corrected chi connectivity index (χ2v) is 11.9. The Labute approximate surface area is 223 Å². The summed E-state index contributed by atoms with van der Waals surface area (Å²) in [5, 5.41) is 27.9. The van der Waals surface area contributed by atoms with E-state index in [4.69, 9.17) is 9.47 Å². The first-order valence-electron chi connectivity index (χ1n) is 14.3. The fourth-order valence-corrected chi connectivity index (χ4v) is 6.91. The van der Waals surface area contributed by atoms with Gasteiger partial charge in [-0.05, 0) is 45.2 Å². The van der Waals surface area contributed by atoms with Gasteiger partial charge in [-0.15, -0.1) is 0 Å². The van der Waals surface area contributed by atoms with E-state index in [1.807, 2.05) is 4.90 Å². The van der Waals surface area contributed by atoms with E-state index in [1.54, 1.807) is 4.90 Å². The molecule has 5 heterocycles. The van der Waals surface area contributed by atoms with Crippen LogP contribution < -0.4 is 10.6 Å². The van der Waals surface area contributed by atoms with Crippen LogP contribution >= 0.6 is 0 Å². The van der Waals surface area contributed by atoms with Gasteiger partial charge in [0.15, 0.2) is 0 Å². The monoisotopic (exact) mass is 535 g/mol. The number of rotatable bonds is 2. The van der Waals surface area contributed by atoms with Crippen molar-refractivity contribution >= 4 is 17.7 Å². The molecular weight excluding hydrogens is 494 g/mol. The number of morpholine rings is 1. The molecule has 12 heteroatoms. The molecule has 5 aliphatic heterocycles. The molecule has 12 nitrogen and oxygen atoms in total. The van der Waals surface area contributed by atoms with Crippen LogP contribution in [0.4, 0.5) is 0 Å². The molecule has 1 saturated carbocycles. The molecule has 0 aromatic rings. The topological polar surface area (TPSA) is 144 Å². The van der Waals surface area contributed by atoms with E-state index in [9.17, 15) is 24.6 Å². The molecule has 1 aliphatic carbocycles. The summed E-state index contributed by atoms with van der Waals surface area (Å²) in [4.78, 5) is 45.9. The lowest BCUT2D eigenvalue weighted by atomic mass is 10.0. The Morgan fingerprint density at radius 1 is 0.947 bits per heavy atom. The van der Waals surface area contributed by atoms with Crippen molar-refractivity contribution < 1.29 is 34.1 Å². The van der Waals surface area contributed by atoms with Crippen LogP contribution in [0.3, 0.4) is 0 Å². The zero-order valence-electron chi connectivity index (χ0n) is 21.9. The fraction of sp³-hybridized carbons (Fsp3) is 0.885. The number of nitrogens with zero attached hydrogens (tertiary/aromatic N) is 3. The van der Waals surface area contributed by atoms with Gasteiger partial charge in [0.2, 0.25) is 17.7 Å². The maximum atomic E-state index is 13.9. The SMILES string of the molecule is O=C1C[C@@H]2O[C@H](CN(C(=O)C3CC3)C[C@@H]3CN(CCO3)C(=O)[C@@H]3C[C@@H](CN3C3CCNCC3)N1)[C@@H](O)[C@H]2O. The molecule has 0 radical (unpaired) electrons. The van der Waals surface area contributed by atoms with Crippen molar-refractivity contribution in [2.75, 3.05) is 52.4 Å². The van der Waals surface area contributed by atoms with Crippen LogP contribution in [-0.2, 0) is 23.9 Å². The first-order chi connectivity index (χ1) is 18.4. The van der Waals surface area contributed by atoms with Crippen LogP contribution in [0.2, 0.25) is 0 Å². The van der Waals surface area contributed by atoms with Crippen molar-refractivity contribution in [2.45, 2.75) is 87.2 Å². The quantitative estimate of drug-likeness (QED) is 0.306. The van der Waals surface area contributed by atoms with Gasteiger partial charge < -0.3 is 40.1 Å². The Hall–Kier alpha value is -1.83. The van der Waals surface area contributed by atoms with Gasteiger partial charge in [0.1, 0.15) is 18.3 Å². The highest BCUT2D eigenvalue weighted by Gasteiger charge is 2.48. The van der Waals surface area contributed by atoms with E-state index in [0.29, 0.717) is 32.7 Å². The highest BCUT2D eigenvalue weighted by molar-refractivity contribution is 5.83. The first kappa shape index (κ1) is 26.4. The van der Waals surface area contributed by atoms with Gasteiger partial charge in [-0.25, -0.2) is 0 Å². The molecule has 38 heavy (non-hydrogen) atoms. The van der Waals surface area contributed by atoms with Gasteiger partial charge >= 0.3 is 0 Å². The smallest absolute Gasteiger partial charge is 0.240 e. The highest BCUT2D eigenvalue weighted by Crippen LogP contribution is 2.33. The lowest BCUT2D eigenvalue weighted by molar-refractivity contribution is -0.148. The number of carbonyl (C=O) groups excluding carboxylic acids is 3. The summed E-state index contributed by atoms with van der Waals surface area (Å²) in [5.74, 6) is -0.258. The van der Waals surface area contributed by atoms with Crippen LogP contribution in [0.25, 0.3) is 0 Å². The van der Waals surface area contributed by atoms with Crippen LogP contribution in [0, 0.1) is 5.92 Å². The molecule has 6 aliphatic rings. The van der Waals surface area contributed by atoms with E-state index < -0.39 is 24.4 Å². The van der Waals surface area contributed by atoms with Gasteiger partial charge in [0.25, 0.3) is 0 Å². The highest BCUT2D eigenvalue weighted by atomic mass is 16.5. The summed E-state index contributed by atoms with van der Waals surface area (Å²) in [6.45, 7) is 4.09. The Morgan fingerprint density at radius 2 is 1.71 bits per heavy atom. The van der Waals surface area contributed by atoms with Gasteiger partial charge in [-0.2, -0.15) is 0 Å². The molecule has 3 amide bonds. The number of ether oxygens (including phenoxy) is 2. The molecule has 6 fully saturated rings. The molecule has 7 atom stereocenters. The second-order valence-electron chi connectivity index (χ2n) is 11.9. The first-order valence-corrected chi connectivity index (χ1v) is 14.3. The van der Waals surface area contributed by atoms with Crippen molar-refractivity contribution in [3.05, 3.63) is 0 Å². The number of piperidine rings is 1. The zero-order valence-corrected chi connectivity index (χ0v) is 21.9. The van der Waals surface area contributed by atoms with Gasteiger partial charge in [0, 0.05) is 50.7 Å². The van der Waals surface area contributed by atoms with Crippen molar-refractivity contribution in [1.82, 2.24) is 25.3 Å². The molecule has 0 unspecified atom stereocenters. The molecule has 0 aromatic heterocycles. The van der Waals surface area contributed by atoms with Gasteiger partial charge in [-0.1, -0.05) is 0 Å². The largest absolute Gasteiger partial charge is 0.388 e. The van der Waals surface area contributed by atoms with Crippen molar-refractivity contribution in [3.63, 3.8) is 0 Å². The number of fused-ring (bicyclic) bond motifs is 6. The average molecular weight is 536 g/mol. The summed E-state index contributed by atoms with van der Waals surface area (Å²) >= 11 is 0. The third-order valence-corrected chi connectivity index (χ3v) is 9.13. The lowest BCUT2D eigenvalue weighted by Crippen LogP contribution is -2.57. The van der Waals surface area contributed by atoms with Crippen LogP contribution in [0.1, 0.15) is 38.5 Å². The molecule has 0 spiro atoms. The number of nitrogens with one attached hydrogen (secondary N) is 2. The number of aliphatic hydroxyl groups excluding tert-OH is 2. The fourth-order valence-electron chi connectivity index (χ4n) is 6.91. The number of carbonyl (C=O) groups is 3. The van der Waals surface area contributed by atoms with Gasteiger partial charge in [0.05, 0.1) is 31.3 Å². The normalized spacial score (nSPS) is 39.9. The van der Waals surface area contributed by atoms with Gasteiger partial charge in [-0.3, -0.25) is 19.3 Å². The van der Waals surface area contributed by atoms with Crippen LogP contribution in [0.15, 0.2) is 0 Å². The Bertz CT molecular complexity index is 912. The zero-order chi connectivity index (χ0) is 26.4. The average Bonchev–Trinajstić information content (AvgIpc) is 3.64. The molecule has 4 N–H and O–H groups in total. The summed E-state index contributed by atoms with van der Waals surface area (Å²) in [6, 6.07) is -0.227. The predicted molar refractivity (Wildman–Crippen MR) is 134 cm³/mol. The standard InChI is InChI=1S/C26H41N5O7/c32-22-10-20-23(33)24(34)21(38-20)14-30(25(35)15-1-2-15)13-18-12-29(7-8-37-18)26(36)19-9-16(28-22)11-31(19)17-3-5-27-6-4-17/h15-21,23-24,27,33-34H,1-14H2,(H,28,32)/t16-,18-,19-,20-,21+,23-,24+/m0/s1. The van der Waals surface area contributed by atoms with Crippen LogP contribution in [0.5, 0.6) is 0 Å². The maximum absolute atomic E-state index is 13.9. The Kier molecular flexibility index (Phi) is 7.62. The number of likely N-dealkylation sites (tertiary alicyclic amines) is 1. The van der Waals surface area contributed by atoms with E-state index in [-0.39, 0.29) is 67.4 Å². The second kappa shape index (κ2) is 11.0. The molecule has 212 valence electrons. The summed E-state index contributed by atoms with van der Waals surface area (Å²) < 4.78 is 12.0. The van der Waals surface area contributed by atoms with E-state index in [0.717, 1.165) is 38.8 Å². The van der Waals surface area contributed by atoms with Crippen LogP contribution in [-0.4, -0.2) is 144 Å². The summed E-state index contributed by atoms with van der Waals surface area (Å²) in [7, 11) is 0. The Balaban J connectivity index is 1.26. The molecule has 6 bridgehead atoms. The van der Waals surface area contributed by atoms with E-state index in [2.05, 4.69) is 15.5 Å². The number of aliphatic hydroxyl groups is 2. The molecular formula is C26H41N5O7. The van der Waals surface area contributed by atoms with E-state index in [1.165, 1.54) is 0 Å².